The summed E-state index contributed by atoms with van der Waals surface area (Å²) in [5.41, 5.74) is 1.56. The summed E-state index contributed by atoms with van der Waals surface area (Å²) in [6, 6.07) is 0. The highest BCUT2D eigenvalue weighted by Gasteiger charge is 2.23. The zero-order valence-electron chi connectivity index (χ0n) is 7.79. The first-order chi connectivity index (χ1) is 6.08. The molecule has 0 bridgehead atoms. The first kappa shape index (κ1) is 8.23. The molecule has 0 saturated heterocycles. The van der Waals surface area contributed by atoms with Gasteiger partial charge in [0, 0.05) is 12.8 Å². The molecule has 2 aliphatic heterocycles. The lowest BCUT2D eigenvalue weighted by molar-refractivity contribution is -0.116. The Bertz CT molecular complexity index is 348. The van der Waals surface area contributed by atoms with E-state index in [1.807, 2.05) is 26.0 Å². The molecule has 3 nitrogen and oxygen atoms in total. The Morgan fingerprint density at radius 1 is 1.54 bits per heavy atom. The van der Waals surface area contributed by atoms with Crippen molar-refractivity contribution in [3.05, 3.63) is 23.3 Å². The van der Waals surface area contributed by atoms with E-state index in [4.69, 9.17) is 0 Å². The minimum Gasteiger partial charge on any atom is -0.348 e. The Balaban J connectivity index is 2.42. The van der Waals surface area contributed by atoms with E-state index in [1.165, 1.54) is 0 Å². The van der Waals surface area contributed by atoms with Crippen LogP contribution in [0.5, 0.6) is 0 Å². The van der Waals surface area contributed by atoms with Crippen molar-refractivity contribution >= 4 is 12.1 Å². The fourth-order valence-corrected chi connectivity index (χ4v) is 1.38. The third-order valence-corrected chi connectivity index (χ3v) is 2.25. The monoisotopic (exact) mass is 176 g/mol. The maximum absolute atomic E-state index is 11.3. The molecule has 13 heavy (non-hydrogen) atoms. The zero-order valence-corrected chi connectivity index (χ0v) is 7.79. The molecular weight excluding hydrogens is 164 g/mol. The van der Waals surface area contributed by atoms with Crippen molar-refractivity contribution in [1.82, 2.24) is 5.32 Å². The molecule has 0 spiro atoms. The average Bonchev–Trinajstić information content (AvgIpc) is 2.32. The number of hydrogen-bond donors (Lipinski definition) is 1. The SMILES string of the molecule is CC1(C)C=CC2=C(C=N1)C(=O)NC2. The van der Waals surface area contributed by atoms with Crippen LogP contribution in [0.2, 0.25) is 0 Å². The van der Waals surface area contributed by atoms with Gasteiger partial charge in [0.05, 0.1) is 11.1 Å². The Kier molecular flexibility index (Phi) is 1.62. The molecule has 2 aliphatic rings. The van der Waals surface area contributed by atoms with Crippen LogP contribution in [0.15, 0.2) is 28.3 Å². The standard InChI is InChI=1S/C10H12N2O/c1-10(2)4-3-7-5-11-9(13)8(7)6-12-10/h3-4,6H,5H2,1-2H3,(H,11,13). The van der Waals surface area contributed by atoms with Gasteiger partial charge < -0.3 is 5.32 Å². The van der Waals surface area contributed by atoms with Crippen LogP contribution in [0.25, 0.3) is 0 Å². The topological polar surface area (TPSA) is 41.5 Å². The molecule has 0 aromatic carbocycles. The summed E-state index contributed by atoms with van der Waals surface area (Å²) in [6.45, 7) is 4.66. The minimum absolute atomic E-state index is 0.0129. The maximum Gasteiger partial charge on any atom is 0.253 e. The molecule has 1 N–H and O–H groups in total. The fourth-order valence-electron chi connectivity index (χ4n) is 1.38. The maximum atomic E-state index is 11.3. The molecule has 0 radical (unpaired) electrons. The average molecular weight is 176 g/mol. The molecule has 2 heterocycles. The van der Waals surface area contributed by atoms with E-state index < -0.39 is 0 Å². The van der Waals surface area contributed by atoms with Crippen LogP contribution in [-0.4, -0.2) is 24.2 Å². The van der Waals surface area contributed by atoms with E-state index >= 15 is 0 Å². The quantitative estimate of drug-likeness (QED) is 0.583. The Morgan fingerprint density at radius 3 is 3.08 bits per heavy atom. The lowest BCUT2D eigenvalue weighted by Gasteiger charge is -2.12. The van der Waals surface area contributed by atoms with Gasteiger partial charge in [-0.1, -0.05) is 12.2 Å². The van der Waals surface area contributed by atoms with Crippen molar-refractivity contribution in [3.63, 3.8) is 0 Å². The van der Waals surface area contributed by atoms with Crippen LogP contribution in [0.3, 0.4) is 0 Å². The Labute approximate surface area is 77.2 Å². The largest absolute Gasteiger partial charge is 0.348 e. The van der Waals surface area contributed by atoms with Crippen molar-refractivity contribution in [2.24, 2.45) is 4.99 Å². The van der Waals surface area contributed by atoms with E-state index in [1.54, 1.807) is 6.21 Å². The third-order valence-electron chi connectivity index (χ3n) is 2.25. The summed E-state index contributed by atoms with van der Waals surface area (Å²) in [5, 5.41) is 2.76. The molecule has 0 atom stereocenters. The van der Waals surface area contributed by atoms with Gasteiger partial charge in [0.2, 0.25) is 0 Å². The molecule has 3 heteroatoms. The summed E-state index contributed by atoms with van der Waals surface area (Å²) in [4.78, 5) is 15.6. The second-order valence-electron chi connectivity index (χ2n) is 3.87. The highest BCUT2D eigenvalue weighted by molar-refractivity contribution is 6.15. The van der Waals surface area contributed by atoms with E-state index in [2.05, 4.69) is 10.3 Å². The molecule has 0 unspecified atom stereocenters. The van der Waals surface area contributed by atoms with E-state index in [-0.39, 0.29) is 11.4 Å². The van der Waals surface area contributed by atoms with E-state index in [0.717, 1.165) is 5.57 Å². The number of carbonyl (C=O) groups excluding carboxylic acids is 1. The van der Waals surface area contributed by atoms with Gasteiger partial charge in [0.1, 0.15) is 0 Å². The second-order valence-corrected chi connectivity index (χ2v) is 3.87. The smallest absolute Gasteiger partial charge is 0.253 e. The molecule has 0 aromatic heterocycles. The zero-order chi connectivity index (χ0) is 9.47. The lowest BCUT2D eigenvalue weighted by Crippen LogP contribution is -2.19. The molecule has 0 fully saturated rings. The third kappa shape index (κ3) is 1.41. The summed E-state index contributed by atoms with van der Waals surface area (Å²) in [7, 11) is 0. The predicted octanol–water partition coefficient (Wildman–Crippen LogP) is 0.832. The summed E-state index contributed by atoms with van der Waals surface area (Å²) < 4.78 is 0. The minimum atomic E-state index is -0.190. The first-order valence-corrected chi connectivity index (χ1v) is 4.34. The lowest BCUT2D eigenvalue weighted by atomic mass is 10.1. The van der Waals surface area contributed by atoms with Crippen molar-refractivity contribution in [2.75, 3.05) is 6.54 Å². The molecule has 1 amide bonds. The molecule has 2 rings (SSSR count). The van der Waals surface area contributed by atoms with Crippen molar-refractivity contribution in [1.29, 1.82) is 0 Å². The molecule has 0 aliphatic carbocycles. The van der Waals surface area contributed by atoms with Gasteiger partial charge in [-0.2, -0.15) is 0 Å². The fraction of sp³-hybridized carbons (Fsp3) is 0.400. The highest BCUT2D eigenvalue weighted by atomic mass is 16.1. The number of nitrogens with zero attached hydrogens (tertiary/aromatic N) is 1. The van der Waals surface area contributed by atoms with E-state index in [9.17, 15) is 4.79 Å². The van der Waals surface area contributed by atoms with Crippen molar-refractivity contribution in [2.45, 2.75) is 19.4 Å². The summed E-state index contributed by atoms with van der Waals surface area (Å²) in [5.74, 6) is -0.0129. The van der Waals surface area contributed by atoms with E-state index in [0.29, 0.717) is 12.1 Å². The van der Waals surface area contributed by atoms with Crippen LogP contribution in [0, 0.1) is 0 Å². The van der Waals surface area contributed by atoms with Gasteiger partial charge in [0.15, 0.2) is 0 Å². The van der Waals surface area contributed by atoms with Gasteiger partial charge in [0.25, 0.3) is 5.91 Å². The number of rotatable bonds is 0. The second kappa shape index (κ2) is 2.55. The molecule has 0 saturated carbocycles. The van der Waals surface area contributed by atoms with Crippen molar-refractivity contribution < 1.29 is 4.79 Å². The van der Waals surface area contributed by atoms with Gasteiger partial charge in [-0.05, 0) is 19.4 Å². The van der Waals surface area contributed by atoms with Gasteiger partial charge in [-0.15, -0.1) is 0 Å². The summed E-state index contributed by atoms with van der Waals surface area (Å²) in [6.07, 6.45) is 5.68. The van der Waals surface area contributed by atoms with Crippen molar-refractivity contribution in [3.8, 4) is 0 Å². The Hall–Kier alpha value is -1.38. The number of nitrogens with one attached hydrogen (secondary N) is 1. The molecular formula is C10H12N2O. The normalized spacial score (nSPS) is 24.3. The predicted molar refractivity (Wildman–Crippen MR) is 51.7 cm³/mol. The van der Waals surface area contributed by atoms with Crippen LogP contribution < -0.4 is 5.32 Å². The molecule has 68 valence electrons. The highest BCUT2D eigenvalue weighted by Crippen LogP contribution is 2.20. The van der Waals surface area contributed by atoms with Gasteiger partial charge in [-0.25, -0.2) is 0 Å². The van der Waals surface area contributed by atoms with Crippen LogP contribution in [-0.2, 0) is 4.79 Å². The van der Waals surface area contributed by atoms with Crippen LogP contribution in [0.1, 0.15) is 13.8 Å². The molecule has 0 aromatic rings. The number of amides is 1. The number of carbonyl (C=O) groups is 1. The Morgan fingerprint density at radius 2 is 2.31 bits per heavy atom. The summed E-state index contributed by atoms with van der Waals surface area (Å²) >= 11 is 0. The number of aliphatic imine (C=N–C) groups is 1. The number of hydrogen-bond acceptors (Lipinski definition) is 2. The van der Waals surface area contributed by atoms with Gasteiger partial charge >= 0.3 is 0 Å². The van der Waals surface area contributed by atoms with Gasteiger partial charge in [-0.3, -0.25) is 9.79 Å². The van der Waals surface area contributed by atoms with Crippen LogP contribution in [0.4, 0.5) is 0 Å². The van der Waals surface area contributed by atoms with Crippen LogP contribution >= 0.6 is 0 Å². The first-order valence-electron chi connectivity index (χ1n) is 4.34.